The first-order valence-corrected chi connectivity index (χ1v) is 8.56. The van der Waals surface area contributed by atoms with Crippen LogP contribution in [0.25, 0.3) is 10.1 Å². The fourth-order valence-electron chi connectivity index (χ4n) is 2.96. The molecule has 0 radical (unpaired) electrons. The first-order valence-electron chi connectivity index (χ1n) is 7.75. The van der Waals surface area contributed by atoms with Crippen molar-refractivity contribution in [1.29, 1.82) is 0 Å². The Kier molecular flexibility index (Phi) is 4.64. The Labute approximate surface area is 134 Å². The fraction of sp³-hybridized carbons (Fsp3) is 0.471. The molecular formula is C17H22N2O2S. The SMILES string of the molecule is COc1ccc2sc(C(=O)NCC3CCCNC3)c(C)c2c1. The van der Waals surface area contributed by atoms with E-state index in [-0.39, 0.29) is 5.91 Å². The molecule has 0 spiro atoms. The monoisotopic (exact) mass is 318 g/mol. The number of hydrogen-bond donors (Lipinski definition) is 2. The number of nitrogens with one attached hydrogen (secondary N) is 2. The molecule has 4 nitrogen and oxygen atoms in total. The molecule has 0 saturated carbocycles. The number of piperidine rings is 1. The Bertz CT molecular complexity index is 675. The van der Waals surface area contributed by atoms with E-state index in [2.05, 4.69) is 10.6 Å². The van der Waals surface area contributed by atoms with Crippen molar-refractivity contribution < 1.29 is 9.53 Å². The average molecular weight is 318 g/mol. The highest BCUT2D eigenvalue weighted by molar-refractivity contribution is 7.21. The third-order valence-corrected chi connectivity index (χ3v) is 5.57. The van der Waals surface area contributed by atoms with Gasteiger partial charge < -0.3 is 15.4 Å². The molecule has 1 aromatic heterocycles. The second-order valence-electron chi connectivity index (χ2n) is 5.84. The van der Waals surface area contributed by atoms with Gasteiger partial charge in [-0.2, -0.15) is 0 Å². The van der Waals surface area contributed by atoms with Crippen molar-refractivity contribution in [1.82, 2.24) is 10.6 Å². The molecule has 2 heterocycles. The molecule has 1 aliphatic rings. The Hall–Kier alpha value is -1.59. The molecule has 22 heavy (non-hydrogen) atoms. The number of methoxy groups -OCH3 is 1. The van der Waals surface area contributed by atoms with Crippen LogP contribution in [0.15, 0.2) is 18.2 Å². The molecule has 1 aromatic carbocycles. The number of carbonyl (C=O) groups excluding carboxylic acids is 1. The number of hydrogen-bond acceptors (Lipinski definition) is 4. The predicted octanol–water partition coefficient (Wildman–Crippen LogP) is 2.95. The largest absolute Gasteiger partial charge is 0.497 e. The molecule has 2 aromatic rings. The smallest absolute Gasteiger partial charge is 0.261 e. The summed E-state index contributed by atoms with van der Waals surface area (Å²) in [6, 6.07) is 5.96. The predicted molar refractivity (Wildman–Crippen MR) is 91.0 cm³/mol. The first-order chi connectivity index (χ1) is 10.7. The van der Waals surface area contributed by atoms with E-state index in [1.165, 1.54) is 12.8 Å². The second kappa shape index (κ2) is 6.67. The van der Waals surface area contributed by atoms with E-state index < -0.39 is 0 Å². The molecule has 1 fully saturated rings. The van der Waals surface area contributed by atoms with Gasteiger partial charge in [0.25, 0.3) is 5.91 Å². The Balaban J connectivity index is 1.74. The molecule has 118 valence electrons. The quantitative estimate of drug-likeness (QED) is 0.911. The van der Waals surface area contributed by atoms with Gasteiger partial charge >= 0.3 is 0 Å². The maximum Gasteiger partial charge on any atom is 0.261 e. The molecule has 1 unspecified atom stereocenters. The van der Waals surface area contributed by atoms with Gasteiger partial charge in [0.1, 0.15) is 5.75 Å². The maximum atomic E-state index is 12.5. The van der Waals surface area contributed by atoms with Crippen molar-refractivity contribution in [3.63, 3.8) is 0 Å². The van der Waals surface area contributed by atoms with Crippen LogP contribution in [0.3, 0.4) is 0 Å². The maximum absolute atomic E-state index is 12.5. The van der Waals surface area contributed by atoms with Crippen molar-refractivity contribution in [2.24, 2.45) is 5.92 Å². The van der Waals surface area contributed by atoms with E-state index in [1.54, 1.807) is 18.4 Å². The van der Waals surface area contributed by atoms with E-state index in [4.69, 9.17) is 4.74 Å². The van der Waals surface area contributed by atoms with Crippen molar-refractivity contribution >= 4 is 27.3 Å². The summed E-state index contributed by atoms with van der Waals surface area (Å²) in [4.78, 5) is 13.3. The third-order valence-electron chi connectivity index (χ3n) is 4.30. The number of carbonyl (C=O) groups is 1. The zero-order chi connectivity index (χ0) is 15.5. The van der Waals surface area contributed by atoms with E-state index in [0.717, 1.165) is 45.9 Å². The number of ether oxygens (including phenoxy) is 1. The molecule has 5 heteroatoms. The van der Waals surface area contributed by atoms with Gasteiger partial charge in [-0.05, 0) is 67.9 Å². The highest BCUT2D eigenvalue weighted by Gasteiger charge is 2.18. The van der Waals surface area contributed by atoms with E-state index in [0.29, 0.717) is 5.92 Å². The molecular weight excluding hydrogens is 296 g/mol. The highest BCUT2D eigenvalue weighted by atomic mass is 32.1. The molecule has 3 rings (SSSR count). The number of benzene rings is 1. The summed E-state index contributed by atoms with van der Waals surface area (Å²) < 4.78 is 6.40. The molecule has 1 aliphatic heterocycles. The van der Waals surface area contributed by atoms with Crippen molar-refractivity contribution in [3.05, 3.63) is 28.6 Å². The van der Waals surface area contributed by atoms with Crippen molar-refractivity contribution in [2.75, 3.05) is 26.7 Å². The van der Waals surface area contributed by atoms with E-state index >= 15 is 0 Å². The summed E-state index contributed by atoms with van der Waals surface area (Å²) in [6.07, 6.45) is 2.39. The molecule has 0 aliphatic carbocycles. The number of thiophene rings is 1. The normalized spacial score (nSPS) is 18.4. The zero-order valence-corrected chi connectivity index (χ0v) is 13.9. The Morgan fingerprint density at radius 1 is 1.50 bits per heavy atom. The lowest BCUT2D eigenvalue weighted by Gasteiger charge is -2.22. The van der Waals surface area contributed by atoms with Gasteiger partial charge in [0.15, 0.2) is 0 Å². The number of fused-ring (bicyclic) bond motifs is 1. The van der Waals surface area contributed by atoms with Crippen molar-refractivity contribution in [2.45, 2.75) is 19.8 Å². The lowest BCUT2D eigenvalue weighted by molar-refractivity contribution is 0.0948. The van der Waals surface area contributed by atoms with Crippen LogP contribution in [0.4, 0.5) is 0 Å². The van der Waals surface area contributed by atoms with Crippen LogP contribution in [0.5, 0.6) is 5.75 Å². The van der Waals surface area contributed by atoms with Gasteiger partial charge in [-0.3, -0.25) is 4.79 Å². The molecule has 1 atom stereocenters. The minimum atomic E-state index is 0.0447. The van der Waals surface area contributed by atoms with Crippen LogP contribution < -0.4 is 15.4 Å². The van der Waals surface area contributed by atoms with Gasteiger partial charge in [-0.1, -0.05) is 0 Å². The van der Waals surface area contributed by atoms with Gasteiger partial charge in [0, 0.05) is 11.2 Å². The zero-order valence-electron chi connectivity index (χ0n) is 13.1. The van der Waals surface area contributed by atoms with Gasteiger partial charge in [-0.25, -0.2) is 0 Å². The lowest BCUT2D eigenvalue weighted by atomic mass is 10.00. The van der Waals surface area contributed by atoms with Crippen LogP contribution >= 0.6 is 11.3 Å². The summed E-state index contributed by atoms with van der Waals surface area (Å²) in [5.41, 5.74) is 1.04. The van der Waals surface area contributed by atoms with Gasteiger partial charge in [0.2, 0.25) is 0 Å². The van der Waals surface area contributed by atoms with Crippen LogP contribution in [-0.4, -0.2) is 32.7 Å². The number of rotatable bonds is 4. The highest BCUT2D eigenvalue weighted by Crippen LogP contribution is 2.33. The third kappa shape index (κ3) is 3.10. The minimum absolute atomic E-state index is 0.0447. The van der Waals surface area contributed by atoms with Crippen LogP contribution in [0.1, 0.15) is 28.1 Å². The minimum Gasteiger partial charge on any atom is -0.497 e. The van der Waals surface area contributed by atoms with Crippen LogP contribution in [-0.2, 0) is 0 Å². The Morgan fingerprint density at radius 2 is 2.36 bits per heavy atom. The molecule has 1 amide bonds. The van der Waals surface area contributed by atoms with Gasteiger partial charge in [0.05, 0.1) is 12.0 Å². The van der Waals surface area contributed by atoms with Gasteiger partial charge in [-0.15, -0.1) is 11.3 Å². The topological polar surface area (TPSA) is 50.4 Å². The standard InChI is InChI=1S/C17H22N2O2S/c1-11-14-8-13(21-2)5-6-15(14)22-16(11)17(20)19-10-12-4-3-7-18-9-12/h5-6,8,12,18H,3-4,7,9-10H2,1-2H3,(H,19,20). The molecule has 1 saturated heterocycles. The first kappa shape index (κ1) is 15.3. The lowest BCUT2D eigenvalue weighted by Crippen LogP contribution is -2.38. The summed E-state index contributed by atoms with van der Waals surface area (Å²) in [5.74, 6) is 1.42. The average Bonchev–Trinajstić information content (AvgIpc) is 2.90. The van der Waals surface area contributed by atoms with Crippen LogP contribution in [0.2, 0.25) is 0 Å². The summed E-state index contributed by atoms with van der Waals surface area (Å²) >= 11 is 1.55. The Morgan fingerprint density at radius 3 is 3.09 bits per heavy atom. The number of aryl methyl sites for hydroxylation is 1. The van der Waals surface area contributed by atoms with E-state index in [1.807, 2.05) is 25.1 Å². The van der Waals surface area contributed by atoms with Crippen molar-refractivity contribution in [3.8, 4) is 5.75 Å². The fourth-order valence-corrected chi connectivity index (χ4v) is 4.06. The van der Waals surface area contributed by atoms with Crippen LogP contribution in [0, 0.1) is 12.8 Å². The molecule has 2 N–H and O–H groups in total. The number of amides is 1. The summed E-state index contributed by atoms with van der Waals surface area (Å²) in [5, 5.41) is 7.59. The molecule has 0 bridgehead atoms. The van der Waals surface area contributed by atoms with E-state index in [9.17, 15) is 4.79 Å². The second-order valence-corrected chi connectivity index (χ2v) is 6.89. The summed E-state index contributed by atoms with van der Waals surface area (Å²) in [7, 11) is 1.66. The summed E-state index contributed by atoms with van der Waals surface area (Å²) in [6.45, 7) is 4.86.